The summed E-state index contributed by atoms with van der Waals surface area (Å²) in [6.07, 6.45) is 0. The van der Waals surface area contributed by atoms with Gasteiger partial charge in [-0.15, -0.1) is 0 Å². The van der Waals surface area contributed by atoms with Gasteiger partial charge in [-0.05, 0) is 5.92 Å². The number of nitrogens with two attached hydrogens (primary N) is 1. The predicted octanol–water partition coefficient (Wildman–Crippen LogP) is -1.07. The molecule has 1 heterocycles. The van der Waals surface area contributed by atoms with Crippen LogP contribution in [0.5, 0.6) is 0 Å². The van der Waals surface area contributed by atoms with E-state index in [-0.39, 0.29) is 11.7 Å². The molecule has 88 valence electrons. The van der Waals surface area contributed by atoms with Crippen molar-refractivity contribution in [3.63, 3.8) is 0 Å². The van der Waals surface area contributed by atoms with Gasteiger partial charge in [0.15, 0.2) is 0 Å². The van der Waals surface area contributed by atoms with Crippen LogP contribution >= 0.6 is 0 Å². The summed E-state index contributed by atoms with van der Waals surface area (Å²) in [7, 11) is -3.46. The Hall–Kier alpha value is -0.660. The van der Waals surface area contributed by atoms with Gasteiger partial charge in [-0.25, -0.2) is 13.6 Å². The molecule has 6 nitrogen and oxygen atoms in total. The van der Waals surface area contributed by atoms with Crippen molar-refractivity contribution >= 4 is 16.0 Å². The van der Waals surface area contributed by atoms with E-state index < -0.39 is 21.9 Å². The van der Waals surface area contributed by atoms with Crippen molar-refractivity contribution in [1.29, 1.82) is 0 Å². The number of likely N-dealkylation sites (tertiary alicyclic amines) is 1. The van der Waals surface area contributed by atoms with E-state index in [0.717, 1.165) is 0 Å². The van der Waals surface area contributed by atoms with Gasteiger partial charge in [-0.1, -0.05) is 6.92 Å². The molecule has 7 heteroatoms. The monoisotopic (exact) mass is 236 g/mol. The number of rotatable bonds is 4. The fourth-order valence-corrected chi connectivity index (χ4v) is 2.34. The van der Waals surface area contributed by atoms with Crippen LogP contribution in [0.3, 0.4) is 0 Å². The number of primary sulfonamides is 1. The summed E-state index contributed by atoms with van der Waals surface area (Å²) in [5, 5.41) is 13.7. The van der Waals surface area contributed by atoms with E-state index in [4.69, 9.17) is 10.2 Å². The van der Waals surface area contributed by atoms with E-state index in [1.165, 1.54) is 0 Å². The second-order valence-corrected chi connectivity index (χ2v) is 5.78. The average molecular weight is 236 g/mol. The number of carbonyl (C=O) groups is 1. The van der Waals surface area contributed by atoms with Gasteiger partial charge in [-0.3, -0.25) is 4.79 Å². The van der Waals surface area contributed by atoms with Crippen molar-refractivity contribution in [3.05, 3.63) is 0 Å². The smallest absolute Gasteiger partial charge is 0.308 e. The third-order valence-corrected chi connectivity index (χ3v) is 3.45. The molecule has 1 aliphatic rings. The number of hydrogen-bond acceptors (Lipinski definition) is 4. The molecular weight excluding hydrogens is 220 g/mol. The first-order valence-corrected chi connectivity index (χ1v) is 6.47. The van der Waals surface area contributed by atoms with Crippen molar-refractivity contribution in [3.8, 4) is 0 Å². The number of carboxylic acid groups (broad SMARTS) is 1. The van der Waals surface area contributed by atoms with Crippen LogP contribution in [0.15, 0.2) is 0 Å². The summed E-state index contributed by atoms with van der Waals surface area (Å²) in [5.41, 5.74) is 0. The Kier molecular flexibility index (Phi) is 3.69. The minimum absolute atomic E-state index is 0.0583. The largest absolute Gasteiger partial charge is 0.481 e. The second kappa shape index (κ2) is 4.46. The Morgan fingerprint density at radius 1 is 1.53 bits per heavy atom. The highest BCUT2D eigenvalue weighted by Gasteiger charge is 2.34. The molecule has 0 aromatic heterocycles. The number of hydrogen-bond donors (Lipinski definition) is 2. The van der Waals surface area contributed by atoms with Gasteiger partial charge in [-0.2, -0.15) is 0 Å². The maximum Gasteiger partial charge on any atom is 0.308 e. The molecule has 0 amide bonds. The summed E-state index contributed by atoms with van der Waals surface area (Å²) in [5.74, 6) is -1.28. The first-order chi connectivity index (χ1) is 6.79. The van der Waals surface area contributed by atoms with Crippen molar-refractivity contribution in [1.82, 2.24) is 4.90 Å². The maximum absolute atomic E-state index is 10.8. The van der Waals surface area contributed by atoms with Gasteiger partial charge in [0, 0.05) is 19.6 Å². The third kappa shape index (κ3) is 3.77. The summed E-state index contributed by atoms with van der Waals surface area (Å²) < 4.78 is 21.4. The minimum Gasteiger partial charge on any atom is -0.481 e. The molecule has 0 saturated carbocycles. The molecule has 0 aromatic carbocycles. The molecule has 0 radical (unpaired) electrons. The average Bonchev–Trinajstić information content (AvgIpc) is 2.42. The van der Waals surface area contributed by atoms with E-state index in [0.29, 0.717) is 19.6 Å². The van der Waals surface area contributed by atoms with Gasteiger partial charge in [0.05, 0.1) is 11.7 Å². The zero-order valence-corrected chi connectivity index (χ0v) is 9.40. The third-order valence-electron chi connectivity index (χ3n) is 2.70. The quantitative estimate of drug-likeness (QED) is 0.647. The van der Waals surface area contributed by atoms with Crippen LogP contribution in [-0.2, 0) is 14.8 Å². The summed E-state index contributed by atoms with van der Waals surface area (Å²) >= 11 is 0. The lowest BCUT2D eigenvalue weighted by Gasteiger charge is -2.13. The summed E-state index contributed by atoms with van der Waals surface area (Å²) in [6, 6.07) is 0. The van der Waals surface area contributed by atoms with Crippen molar-refractivity contribution < 1.29 is 18.3 Å². The van der Waals surface area contributed by atoms with Crippen molar-refractivity contribution in [2.24, 2.45) is 17.0 Å². The summed E-state index contributed by atoms with van der Waals surface area (Å²) in [4.78, 5) is 12.6. The number of carboxylic acids is 1. The Morgan fingerprint density at radius 2 is 2.13 bits per heavy atom. The molecule has 0 unspecified atom stereocenters. The molecule has 0 aliphatic carbocycles. The van der Waals surface area contributed by atoms with Crippen LogP contribution in [0, 0.1) is 11.8 Å². The normalized spacial score (nSPS) is 28.1. The molecule has 0 aromatic rings. The lowest BCUT2D eigenvalue weighted by molar-refractivity contribution is -0.142. The van der Waals surface area contributed by atoms with E-state index in [1.807, 2.05) is 11.8 Å². The number of sulfonamides is 1. The Labute approximate surface area is 89.1 Å². The van der Waals surface area contributed by atoms with E-state index >= 15 is 0 Å². The van der Waals surface area contributed by atoms with Crippen molar-refractivity contribution in [2.45, 2.75) is 6.92 Å². The number of nitrogens with zero attached hydrogens (tertiary/aromatic N) is 1. The SMILES string of the molecule is C[C@@H]1CN(CCS(N)(=O)=O)C[C@H]1C(=O)O. The summed E-state index contributed by atoms with van der Waals surface area (Å²) in [6.45, 7) is 3.20. The van der Waals surface area contributed by atoms with Gasteiger partial charge in [0.2, 0.25) is 10.0 Å². The maximum atomic E-state index is 10.8. The predicted molar refractivity (Wildman–Crippen MR) is 54.7 cm³/mol. The highest BCUT2D eigenvalue weighted by Crippen LogP contribution is 2.22. The molecular formula is C8H16N2O4S. The molecule has 3 N–H and O–H groups in total. The first kappa shape index (κ1) is 12.4. The fraction of sp³-hybridized carbons (Fsp3) is 0.875. The van der Waals surface area contributed by atoms with Crippen LogP contribution in [0.4, 0.5) is 0 Å². The first-order valence-electron chi connectivity index (χ1n) is 4.75. The highest BCUT2D eigenvalue weighted by molar-refractivity contribution is 7.89. The van der Waals surface area contributed by atoms with Crippen LogP contribution in [0.25, 0.3) is 0 Å². The molecule has 1 rings (SSSR count). The molecule has 0 spiro atoms. The topological polar surface area (TPSA) is 101 Å². The standard InChI is InChI=1S/C8H16N2O4S/c1-6-4-10(2-3-15(9,13)14)5-7(6)8(11)12/h6-7H,2-5H2,1H3,(H,11,12)(H2,9,13,14)/t6-,7-/m1/s1. The van der Waals surface area contributed by atoms with Crippen LogP contribution in [0.2, 0.25) is 0 Å². The van der Waals surface area contributed by atoms with Crippen molar-refractivity contribution in [2.75, 3.05) is 25.4 Å². The van der Waals surface area contributed by atoms with Crippen LogP contribution in [0.1, 0.15) is 6.92 Å². The molecule has 1 aliphatic heterocycles. The van der Waals surface area contributed by atoms with Gasteiger partial charge in [0.1, 0.15) is 0 Å². The van der Waals surface area contributed by atoms with Crippen LogP contribution < -0.4 is 5.14 Å². The molecule has 15 heavy (non-hydrogen) atoms. The molecule has 0 bridgehead atoms. The minimum atomic E-state index is -3.46. The lowest BCUT2D eigenvalue weighted by atomic mass is 9.99. The fourth-order valence-electron chi connectivity index (χ4n) is 1.83. The zero-order chi connectivity index (χ0) is 11.6. The van der Waals surface area contributed by atoms with E-state index in [9.17, 15) is 13.2 Å². The zero-order valence-electron chi connectivity index (χ0n) is 8.59. The van der Waals surface area contributed by atoms with E-state index in [2.05, 4.69) is 0 Å². The van der Waals surface area contributed by atoms with Gasteiger partial charge >= 0.3 is 5.97 Å². The Bertz CT molecular complexity index is 341. The van der Waals surface area contributed by atoms with Crippen LogP contribution in [-0.4, -0.2) is 49.8 Å². The second-order valence-electron chi connectivity index (χ2n) is 4.05. The van der Waals surface area contributed by atoms with E-state index in [1.54, 1.807) is 0 Å². The Morgan fingerprint density at radius 3 is 2.53 bits per heavy atom. The molecule has 1 saturated heterocycles. The molecule has 1 fully saturated rings. The highest BCUT2D eigenvalue weighted by atomic mass is 32.2. The lowest BCUT2D eigenvalue weighted by Crippen LogP contribution is -2.31. The number of aliphatic carboxylic acids is 1. The van der Waals surface area contributed by atoms with Gasteiger partial charge in [0.25, 0.3) is 0 Å². The Balaban J connectivity index is 2.45. The van der Waals surface area contributed by atoms with Gasteiger partial charge < -0.3 is 10.0 Å². The molecule has 2 atom stereocenters.